The third kappa shape index (κ3) is 2.57. The maximum absolute atomic E-state index is 4.22. The van der Waals surface area contributed by atoms with Gasteiger partial charge in [0.15, 0.2) is 6.20 Å². The largest absolute Gasteiger partial charge is 0.264 e. The Hall–Kier alpha value is -2.00. The highest BCUT2D eigenvalue weighted by molar-refractivity contribution is 6.88. The van der Waals surface area contributed by atoms with E-state index in [1.54, 1.807) is 0 Å². The van der Waals surface area contributed by atoms with Crippen LogP contribution in [0, 0.1) is 6.92 Å². The van der Waals surface area contributed by atoms with E-state index < -0.39 is 8.07 Å². The third-order valence-corrected chi connectivity index (χ3v) is 6.32. The van der Waals surface area contributed by atoms with Crippen molar-refractivity contribution in [1.82, 2.24) is 4.98 Å². The lowest BCUT2D eigenvalue weighted by molar-refractivity contribution is -0.659. The molecule has 0 bridgehead atoms. The Bertz CT molecular complexity index is 848. The van der Waals surface area contributed by atoms with Gasteiger partial charge in [0.25, 0.3) is 0 Å². The first kappa shape index (κ1) is 14.9. The van der Waals surface area contributed by atoms with Gasteiger partial charge in [0, 0.05) is 18.5 Å². The number of hydrogen-bond acceptors (Lipinski definition) is 1. The summed E-state index contributed by atoms with van der Waals surface area (Å²) in [5, 5.41) is 4.14. The molecule has 2 heterocycles. The lowest BCUT2D eigenvalue weighted by Crippen LogP contribution is -2.37. The van der Waals surface area contributed by atoms with Crippen LogP contribution in [0.25, 0.3) is 22.0 Å². The van der Waals surface area contributed by atoms with Crippen LogP contribution in [0.2, 0.25) is 19.6 Å². The fourth-order valence-electron chi connectivity index (χ4n) is 2.91. The molecule has 0 unspecified atom stereocenters. The summed E-state index contributed by atoms with van der Waals surface area (Å²) in [7, 11) is 0.824. The van der Waals surface area contributed by atoms with Gasteiger partial charge in [-0.05, 0) is 30.0 Å². The minimum atomic E-state index is -1.29. The van der Waals surface area contributed by atoms with Gasteiger partial charge in [-0.15, -0.1) is 0 Å². The molecule has 0 amide bonds. The predicted molar refractivity (Wildman–Crippen MR) is 96.1 cm³/mol. The summed E-state index contributed by atoms with van der Waals surface area (Å²) in [4.78, 5) is 4.22. The van der Waals surface area contributed by atoms with Crippen molar-refractivity contribution in [2.45, 2.75) is 26.6 Å². The molecule has 112 valence electrons. The number of nitrogens with zero attached hydrogens (tertiary/aromatic N) is 2. The van der Waals surface area contributed by atoms with E-state index in [9.17, 15) is 0 Å². The molecule has 0 saturated heterocycles. The van der Waals surface area contributed by atoms with Crippen LogP contribution in [-0.4, -0.2) is 13.1 Å². The molecule has 22 heavy (non-hydrogen) atoms. The number of fused-ring (bicyclic) bond motifs is 1. The summed E-state index contributed by atoms with van der Waals surface area (Å²) in [6.45, 7) is 9.30. The molecule has 2 nitrogen and oxygen atoms in total. The quantitative estimate of drug-likeness (QED) is 0.522. The highest BCUT2D eigenvalue weighted by Gasteiger charge is 2.20. The number of aryl methyl sites for hydroxylation is 2. The molecule has 0 fully saturated rings. The van der Waals surface area contributed by atoms with Crippen molar-refractivity contribution in [3.8, 4) is 11.3 Å². The second-order valence-electron chi connectivity index (χ2n) is 7.02. The fraction of sp³-hybridized carbons (Fsp3) is 0.263. The molecular weight excluding hydrogens is 284 g/mol. The third-order valence-electron chi connectivity index (χ3n) is 4.28. The van der Waals surface area contributed by atoms with Crippen LogP contribution in [-0.2, 0) is 7.05 Å². The molecule has 0 spiro atoms. The Kier molecular flexibility index (Phi) is 3.61. The van der Waals surface area contributed by atoms with Crippen molar-refractivity contribution in [1.29, 1.82) is 0 Å². The average molecular weight is 307 g/mol. The van der Waals surface area contributed by atoms with Crippen LogP contribution in [0.4, 0.5) is 0 Å². The SMILES string of the molecule is Cc1cnccc1-c1c2ccc([Si](C)(C)C)cc2cc[n+]1C. The second-order valence-corrected chi connectivity index (χ2v) is 12.1. The number of pyridine rings is 2. The summed E-state index contributed by atoms with van der Waals surface area (Å²) < 4.78 is 2.21. The number of hydrogen-bond donors (Lipinski definition) is 0. The molecule has 0 saturated carbocycles. The monoisotopic (exact) mass is 307 g/mol. The van der Waals surface area contributed by atoms with Gasteiger partial charge < -0.3 is 0 Å². The van der Waals surface area contributed by atoms with Crippen LogP contribution in [0.5, 0.6) is 0 Å². The Morgan fingerprint density at radius 3 is 2.50 bits per heavy atom. The summed E-state index contributed by atoms with van der Waals surface area (Å²) in [5.41, 5.74) is 3.73. The maximum Gasteiger partial charge on any atom is 0.220 e. The van der Waals surface area contributed by atoms with Crippen molar-refractivity contribution >= 4 is 24.0 Å². The van der Waals surface area contributed by atoms with Crippen molar-refractivity contribution in [3.63, 3.8) is 0 Å². The highest BCUT2D eigenvalue weighted by atomic mass is 28.3. The van der Waals surface area contributed by atoms with Crippen molar-refractivity contribution < 1.29 is 4.57 Å². The Morgan fingerprint density at radius 1 is 1.05 bits per heavy atom. The summed E-state index contributed by atoms with van der Waals surface area (Å²) >= 11 is 0. The van der Waals surface area contributed by atoms with Crippen molar-refractivity contribution in [3.05, 3.63) is 54.5 Å². The van der Waals surface area contributed by atoms with E-state index in [1.165, 1.54) is 32.8 Å². The first-order chi connectivity index (χ1) is 10.4. The molecule has 0 N–H and O–H groups in total. The average Bonchev–Trinajstić information content (AvgIpc) is 2.47. The second kappa shape index (κ2) is 5.32. The molecule has 0 atom stereocenters. The molecule has 0 radical (unpaired) electrons. The Morgan fingerprint density at radius 2 is 1.82 bits per heavy atom. The lowest BCUT2D eigenvalue weighted by atomic mass is 10.0. The van der Waals surface area contributed by atoms with Gasteiger partial charge in [-0.25, -0.2) is 4.57 Å². The van der Waals surface area contributed by atoms with E-state index in [0.29, 0.717) is 0 Å². The van der Waals surface area contributed by atoms with Gasteiger partial charge >= 0.3 is 0 Å². The summed E-state index contributed by atoms with van der Waals surface area (Å²) in [5.74, 6) is 0. The zero-order chi connectivity index (χ0) is 15.9. The number of benzene rings is 1. The summed E-state index contributed by atoms with van der Waals surface area (Å²) in [6, 6.07) is 11.3. The van der Waals surface area contributed by atoms with Crippen molar-refractivity contribution in [2.24, 2.45) is 7.05 Å². The van der Waals surface area contributed by atoms with Crippen LogP contribution < -0.4 is 9.75 Å². The van der Waals surface area contributed by atoms with E-state index in [2.05, 4.69) is 79.7 Å². The van der Waals surface area contributed by atoms with Gasteiger partial charge in [-0.1, -0.05) is 37.0 Å². The van der Waals surface area contributed by atoms with E-state index in [0.717, 1.165) is 0 Å². The lowest BCUT2D eigenvalue weighted by Gasteiger charge is -2.17. The molecule has 3 rings (SSSR count). The zero-order valence-corrected chi connectivity index (χ0v) is 15.0. The van der Waals surface area contributed by atoms with Gasteiger partial charge in [0.05, 0.1) is 19.0 Å². The topological polar surface area (TPSA) is 16.8 Å². The van der Waals surface area contributed by atoms with Gasteiger partial charge in [0.2, 0.25) is 5.69 Å². The Labute approximate surface area is 133 Å². The van der Waals surface area contributed by atoms with Gasteiger partial charge in [-0.3, -0.25) is 4.98 Å². The van der Waals surface area contributed by atoms with E-state index in [1.807, 2.05) is 12.4 Å². The zero-order valence-electron chi connectivity index (χ0n) is 14.0. The molecular formula is C19H23N2Si+. The maximum atomic E-state index is 4.22. The van der Waals surface area contributed by atoms with Gasteiger partial charge in [-0.2, -0.15) is 0 Å². The van der Waals surface area contributed by atoms with Crippen LogP contribution >= 0.6 is 0 Å². The number of rotatable bonds is 2. The molecule has 3 aromatic rings. The summed E-state index contributed by atoms with van der Waals surface area (Å²) in [6.07, 6.45) is 5.97. The first-order valence-corrected chi connectivity index (χ1v) is 11.2. The first-order valence-electron chi connectivity index (χ1n) is 7.72. The predicted octanol–water partition coefficient (Wildman–Crippen LogP) is 3.58. The van der Waals surface area contributed by atoms with Crippen LogP contribution in [0.1, 0.15) is 5.56 Å². The normalized spacial score (nSPS) is 11.9. The smallest absolute Gasteiger partial charge is 0.220 e. The van der Waals surface area contributed by atoms with Crippen LogP contribution in [0.15, 0.2) is 48.9 Å². The molecule has 0 aliphatic heterocycles. The fourth-order valence-corrected chi connectivity index (χ4v) is 4.09. The van der Waals surface area contributed by atoms with Crippen LogP contribution in [0.3, 0.4) is 0 Å². The number of aromatic nitrogens is 2. The molecule has 0 aliphatic carbocycles. The van der Waals surface area contributed by atoms with E-state index in [4.69, 9.17) is 0 Å². The molecule has 2 aromatic heterocycles. The highest BCUT2D eigenvalue weighted by Crippen LogP contribution is 2.27. The molecule has 3 heteroatoms. The minimum Gasteiger partial charge on any atom is -0.264 e. The Balaban J connectivity index is 2.31. The van der Waals surface area contributed by atoms with Gasteiger partial charge in [0.1, 0.15) is 7.05 Å². The minimum absolute atomic E-state index is 1.21. The van der Waals surface area contributed by atoms with E-state index >= 15 is 0 Å². The van der Waals surface area contributed by atoms with Crippen molar-refractivity contribution in [2.75, 3.05) is 0 Å². The molecule has 0 aliphatic rings. The van der Waals surface area contributed by atoms with E-state index in [-0.39, 0.29) is 0 Å². The molecule has 1 aromatic carbocycles. The standard InChI is InChI=1S/C19H23N2Si/c1-14-13-20-10-8-17(14)19-18-7-6-16(22(3,4)5)12-15(18)9-11-21(19)2/h6-13H,1-5H3/q+1.